The van der Waals surface area contributed by atoms with Crippen LogP contribution in [0.25, 0.3) is 0 Å². The van der Waals surface area contributed by atoms with Crippen LogP contribution in [0.2, 0.25) is 0 Å². The Morgan fingerprint density at radius 1 is 1.28 bits per heavy atom. The standard InChI is InChI=1S/C14H24N4/c1-3-7-13-16-12(15)10-14(17-13)18(2)11-8-5-4-6-9-11/h10-11H,3-9H2,1-2H3,(H2,15,16,17). The van der Waals surface area contributed by atoms with Gasteiger partial charge >= 0.3 is 0 Å². The molecule has 18 heavy (non-hydrogen) atoms. The lowest BCUT2D eigenvalue weighted by Crippen LogP contribution is -2.34. The van der Waals surface area contributed by atoms with Gasteiger partial charge in [-0.15, -0.1) is 0 Å². The zero-order valence-electron chi connectivity index (χ0n) is 11.5. The second kappa shape index (κ2) is 6.03. The Morgan fingerprint density at radius 2 is 2.00 bits per heavy atom. The van der Waals surface area contributed by atoms with Crippen LogP contribution in [0, 0.1) is 0 Å². The van der Waals surface area contributed by atoms with Crippen molar-refractivity contribution < 1.29 is 0 Å². The van der Waals surface area contributed by atoms with Crippen LogP contribution in [0.3, 0.4) is 0 Å². The largest absolute Gasteiger partial charge is 0.384 e. The fraction of sp³-hybridized carbons (Fsp3) is 0.714. The first-order valence-electron chi connectivity index (χ1n) is 7.07. The number of anilines is 2. The molecule has 1 aromatic heterocycles. The van der Waals surface area contributed by atoms with E-state index in [0.717, 1.165) is 24.5 Å². The van der Waals surface area contributed by atoms with E-state index in [4.69, 9.17) is 5.73 Å². The molecule has 0 atom stereocenters. The van der Waals surface area contributed by atoms with E-state index in [1.807, 2.05) is 6.07 Å². The SMILES string of the molecule is CCCc1nc(N)cc(N(C)C2CCCCC2)n1. The third-order valence-corrected chi connectivity index (χ3v) is 3.74. The highest BCUT2D eigenvalue weighted by molar-refractivity contribution is 5.47. The lowest BCUT2D eigenvalue weighted by molar-refractivity contribution is 0.425. The van der Waals surface area contributed by atoms with Gasteiger partial charge in [0.05, 0.1) is 0 Å². The van der Waals surface area contributed by atoms with Gasteiger partial charge in [-0.3, -0.25) is 0 Å². The number of nitrogens with two attached hydrogens (primary N) is 1. The van der Waals surface area contributed by atoms with E-state index in [0.29, 0.717) is 11.9 Å². The Hall–Kier alpha value is -1.32. The zero-order chi connectivity index (χ0) is 13.0. The van der Waals surface area contributed by atoms with Crippen molar-refractivity contribution in [1.29, 1.82) is 0 Å². The molecule has 0 amide bonds. The van der Waals surface area contributed by atoms with Crippen molar-refractivity contribution in [3.63, 3.8) is 0 Å². The zero-order valence-corrected chi connectivity index (χ0v) is 11.5. The van der Waals surface area contributed by atoms with E-state index in [1.54, 1.807) is 0 Å². The number of hydrogen-bond donors (Lipinski definition) is 1. The number of aryl methyl sites for hydroxylation is 1. The van der Waals surface area contributed by atoms with Crippen LogP contribution in [-0.4, -0.2) is 23.1 Å². The summed E-state index contributed by atoms with van der Waals surface area (Å²) in [5.74, 6) is 2.44. The number of aromatic nitrogens is 2. The highest BCUT2D eigenvalue weighted by Gasteiger charge is 2.19. The maximum Gasteiger partial charge on any atom is 0.134 e. The summed E-state index contributed by atoms with van der Waals surface area (Å²) in [4.78, 5) is 11.2. The first-order chi connectivity index (χ1) is 8.70. The first-order valence-corrected chi connectivity index (χ1v) is 7.07. The Balaban J connectivity index is 2.15. The molecular formula is C14H24N4. The van der Waals surface area contributed by atoms with Crippen LogP contribution < -0.4 is 10.6 Å². The summed E-state index contributed by atoms with van der Waals surface area (Å²) < 4.78 is 0. The number of hydrogen-bond acceptors (Lipinski definition) is 4. The minimum Gasteiger partial charge on any atom is -0.384 e. The molecule has 4 heteroatoms. The predicted octanol–water partition coefficient (Wildman–Crippen LogP) is 2.78. The molecule has 1 aliphatic rings. The van der Waals surface area contributed by atoms with E-state index >= 15 is 0 Å². The predicted molar refractivity (Wildman–Crippen MR) is 75.7 cm³/mol. The quantitative estimate of drug-likeness (QED) is 0.890. The second-order valence-electron chi connectivity index (χ2n) is 5.22. The molecule has 1 aromatic rings. The monoisotopic (exact) mass is 248 g/mol. The molecule has 0 aromatic carbocycles. The highest BCUT2D eigenvalue weighted by Crippen LogP contribution is 2.25. The number of nitrogens with zero attached hydrogens (tertiary/aromatic N) is 3. The number of nitrogen functional groups attached to an aromatic ring is 1. The van der Waals surface area contributed by atoms with Gasteiger partial charge in [-0.05, 0) is 19.3 Å². The minimum absolute atomic E-state index is 0.589. The Kier molecular flexibility index (Phi) is 4.39. The van der Waals surface area contributed by atoms with Gasteiger partial charge in [-0.1, -0.05) is 26.2 Å². The molecular weight excluding hydrogens is 224 g/mol. The third kappa shape index (κ3) is 3.12. The van der Waals surface area contributed by atoms with Crippen molar-refractivity contribution in [1.82, 2.24) is 9.97 Å². The first kappa shape index (κ1) is 13.1. The molecule has 1 saturated carbocycles. The van der Waals surface area contributed by atoms with Crippen molar-refractivity contribution >= 4 is 11.6 Å². The van der Waals surface area contributed by atoms with Crippen molar-refractivity contribution in [2.45, 2.75) is 57.9 Å². The smallest absolute Gasteiger partial charge is 0.134 e. The molecule has 0 spiro atoms. The van der Waals surface area contributed by atoms with E-state index in [2.05, 4.69) is 28.8 Å². The molecule has 0 bridgehead atoms. The molecule has 0 radical (unpaired) electrons. The summed E-state index contributed by atoms with van der Waals surface area (Å²) in [6.45, 7) is 2.14. The van der Waals surface area contributed by atoms with Crippen LogP contribution in [0.5, 0.6) is 0 Å². The van der Waals surface area contributed by atoms with Crippen molar-refractivity contribution in [2.75, 3.05) is 17.7 Å². The lowest BCUT2D eigenvalue weighted by Gasteiger charge is -2.32. The van der Waals surface area contributed by atoms with Crippen LogP contribution >= 0.6 is 0 Å². The van der Waals surface area contributed by atoms with Gasteiger partial charge in [-0.2, -0.15) is 0 Å². The van der Waals surface area contributed by atoms with Gasteiger partial charge in [0, 0.05) is 25.6 Å². The molecule has 0 saturated heterocycles. The van der Waals surface area contributed by atoms with Gasteiger partial charge < -0.3 is 10.6 Å². The summed E-state index contributed by atoms with van der Waals surface area (Å²) >= 11 is 0. The van der Waals surface area contributed by atoms with Crippen LogP contribution in [0.1, 0.15) is 51.3 Å². The van der Waals surface area contributed by atoms with Gasteiger partial charge in [0.15, 0.2) is 0 Å². The van der Waals surface area contributed by atoms with Crippen LogP contribution in [0.4, 0.5) is 11.6 Å². The van der Waals surface area contributed by atoms with Gasteiger partial charge in [0.1, 0.15) is 17.5 Å². The summed E-state index contributed by atoms with van der Waals surface area (Å²) in [6, 6.07) is 2.51. The van der Waals surface area contributed by atoms with E-state index in [-0.39, 0.29) is 0 Å². The fourth-order valence-corrected chi connectivity index (χ4v) is 2.67. The molecule has 4 nitrogen and oxygen atoms in total. The summed E-state index contributed by atoms with van der Waals surface area (Å²) in [5, 5.41) is 0. The summed E-state index contributed by atoms with van der Waals surface area (Å²) in [7, 11) is 2.13. The van der Waals surface area contributed by atoms with Crippen LogP contribution in [0.15, 0.2) is 6.07 Å². The third-order valence-electron chi connectivity index (χ3n) is 3.74. The molecule has 2 N–H and O–H groups in total. The van der Waals surface area contributed by atoms with Gasteiger partial charge in [-0.25, -0.2) is 9.97 Å². The van der Waals surface area contributed by atoms with E-state index in [1.165, 1.54) is 32.1 Å². The normalized spacial score (nSPS) is 16.8. The summed E-state index contributed by atoms with van der Waals surface area (Å²) in [6.07, 6.45) is 8.52. The molecule has 1 fully saturated rings. The molecule has 100 valence electrons. The fourth-order valence-electron chi connectivity index (χ4n) is 2.67. The van der Waals surface area contributed by atoms with Crippen molar-refractivity contribution in [3.05, 3.63) is 11.9 Å². The van der Waals surface area contributed by atoms with Crippen molar-refractivity contribution in [2.24, 2.45) is 0 Å². The average Bonchev–Trinajstić information content (AvgIpc) is 2.38. The highest BCUT2D eigenvalue weighted by atomic mass is 15.2. The average molecular weight is 248 g/mol. The molecule has 0 unspecified atom stereocenters. The maximum absolute atomic E-state index is 5.88. The van der Waals surface area contributed by atoms with E-state index < -0.39 is 0 Å². The second-order valence-corrected chi connectivity index (χ2v) is 5.22. The van der Waals surface area contributed by atoms with Gasteiger partial charge in [0.2, 0.25) is 0 Å². The van der Waals surface area contributed by atoms with Gasteiger partial charge in [0.25, 0.3) is 0 Å². The molecule has 0 aliphatic heterocycles. The Labute approximate surface area is 110 Å². The minimum atomic E-state index is 0.589. The van der Waals surface area contributed by atoms with Crippen LogP contribution in [-0.2, 0) is 6.42 Å². The molecule has 2 rings (SSSR count). The number of rotatable bonds is 4. The maximum atomic E-state index is 5.88. The topological polar surface area (TPSA) is 55.0 Å². The Bertz CT molecular complexity index is 385. The summed E-state index contributed by atoms with van der Waals surface area (Å²) in [5.41, 5.74) is 5.88. The van der Waals surface area contributed by atoms with Crippen molar-refractivity contribution in [3.8, 4) is 0 Å². The molecule has 1 heterocycles. The lowest BCUT2D eigenvalue weighted by atomic mass is 9.94. The molecule has 1 aliphatic carbocycles. The Morgan fingerprint density at radius 3 is 2.67 bits per heavy atom. The van der Waals surface area contributed by atoms with E-state index in [9.17, 15) is 0 Å².